The van der Waals surface area contributed by atoms with Crippen LogP contribution in [0.2, 0.25) is 0 Å². The molecule has 0 spiro atoms. The molecule has 170 valence electrons. The largest absolute Gasteiger partial charge is 0.497 e. The van der Waals surface area contributed by atoms with Gasteiger partial charge in [0, 0.05) is 10.9 Å². The molecule has 1 aliphatic carbocycles. The summed E-state index contributed by atoms with van der Waals surface area (Å²) in [5, 5.41) is 0.573. The van der Waals surface area contributed by atoms with Gasteiger partial charge in [0.2, 0.25) is 0 Å². The Balaban J connectivity index is 1.84. The molecule has 0 unspecified atom stereocenters. The topological polar surface area (TPSA) is 62.5 Å². The van der Waals surface area contributed by atoms with Crippen molar-refractivity contribution in [1.29, 1.82) is 0 Å². The van der Waals surface area contributed by atoms with Crippen LogP contribution in [-0.2, 0) is 19.4 Å². The van der Waals surface area contributed by atoms with Gasteiger partial charge in [-0.15, -0.1) is 11.3 Å². The standard InChI is InChI=1S/C25H23FN2O4S/c1-31-17-10-11-19(20(13-17)32-2)28-23(29)22-18-8-3-4-9-21(18)33-24(22)27(25(28)30)14-15-6-5-7-16(26)12-15/h5-7,10-13H,3-4,8-9,14H2,1-2H3. The molecule has 0 amide bonds. The van der Waals surface area contributed by atoms with Gasteiger partial charge in [-0.2, -0.15) is 0 Å². The van der Waals surface area contributed by atoms with Crippen LogP contribution in [0, 0.1) is 5.82 Å². The maximum atomic E-state index is 13.9. The van der Waals surface area contributed by atoms with Crippen LogP contribution in [0.25, 0.3) is 15.9 Å². The van der Waals surface area contributed by atoms with E-state index < -0.39 is 5.69 Å². The van der Waals surface area contributed by atoms with Crippen molar-refractivity contribution < 1.29 is 13.9 Å². The van der Waals surface area contributed by atoms with Crippen LogP contribution in [0.4, 0.5) is 4.39 Å². The smallest absolute Gasteiger partial charge is 0.337 e. The number of rotatable bonds is 5. The summed E-state index contributed by atoms with van der Waals surface area (Å²) in [6.07, 6.45) is 3.78. The molecule has 2 aromatic carbocycles. The highest BCUT2D eigenvalue weighted by molar-refractivity contribution is 7.18. The van der Waals surface area contributed by atoms with Crippen LogP contribution in [0.5, 0.6) is 11.5 Å². The number of benzene rings is 2. The highest BCUT2D eigenvalue weighted by Gasteiger charge is 2.25. The Bertz CT molecular complexity index is 1480. The van der Waals surface area contributed by atoms with Crippen LogP contribution in [0.1, 0.15) is 28.8 Å². The van der Waals surface area contributed by atoms with Gasteiger partial charge in [0.25, 0.3) is 5.56 Å². The average molecular weight is 467 g/mol. The zero-order valence-corrected chi connectivity index (χ0v) is 19.2. The molecule has 2 heterocycles. The van der Waals surface area contributed by atoms with Crippen LogP contribution in [0.3, 0.4) is 0 Å². The van der Waals surface area contributed by atoms with Crippen molar-refractivity contribution >= 4 is 21.6 Å². The lowest BCUT2D eigenvalue weighted by Gasteiger charge is -2.16. The maximum Gasteiger partial charge on any atom is 0.337 e. The molecule has 0 N–H and O–H groups in total. The highest BCUT2D eigenvalue weighted by Crippen LogP contribution is 2.35. The normalized spacial score (nSPS) is 13.2. The fourth-order valence-corrected chi connectivity index (χ4v) is 5.88. The number of halogens is 1. The minimum Gasteiger partial charge on any atom is -0.497 e. The number of aryl methyl sites for hydroxylation is 2. The predicted octanol–water partition coefficient (Wildman–Crippen LogP) is 4.30. The monoisotopic (exact) mass is 466 g/mol. The molecule has 33 heavy (non-hydrogen) atoms. The van der Waals surface area contributed by atoms with Gasteiger partial charge >= 0.3 is 5.69 Å². The predicted molar refractivity (Wildman–Crippen MR) is 127 cm³/mol. The van der Waals surface area contributed by atoms with Crippen molar-refractivity contribution in [3.63, 3.8) is 0 Å². The van der Waals surface area contributed by atoms with Crippen molar-refractivity contribution in [2.24, 2.45) is 0 Å². The molecule has 5 rings (SSSR count). The van der Waals surface area contributed by atoms with Gasteiger partial charge < -0.3 is 9.47 Å². The van der Waals surface area contributed by atoms with E-state index >= 15 is 0 Å². The SMILES string of the molecule is COc1ccc(-n2c(=O)c3c4c(sc3n(Cc3cccc(F)c3)c2=O)CCCC4)c(OC)c1. The fourth-order valence-electron chi connectivity index (χ4n) is 4.51. The molecule has 2 aromatic heterocycles. The van der Waals surface area contributed by atoms with Crippen LogP contribution < -0.4 is 20.7 Å². The van der Waals surface area contributed by atoms with Crippen molar-refractivity contribution in [3.05, 3.63) is 85.1 Å². The Kier molecular flexibility index (Phi) is 5.54. The molecular weight excluding hydrogens is 443 g/mol. The Morgan fingerprint density at radius 2 is 1.85 bits per heavy atom. The Morgan fingerprint density at radius 1 is 1.03 bits per heavy atom. The number of hydrogen-bond donors (Lipinski definition) is 0. The summed E-state index contributed by atoms with van der Waals surface area (Å²) in [7, 11) is 3.02. The molecule has 0 aliphatic heterocycles. The first kappa shape index (κ1) is 21.5. The van der Waals surface area contributed by atoms with E-state index in [-0.39, 0.29) is 17.9 Å². The van der Waals surface area contributed by atoms with Crippen LogP contribution in [0.15, 0.2) is 52.1 Å². The number of hydrogen-bond acceptors (Lipinski definition) is 5. The summed E-state index contributed by atoms with van der Waals surface area (Å²) in [5.74, 6) is 0.541. The highest BCUT2D eigenvalue weighted by atomic mass is 32.1. The average Bonchev–Trinajstić information content (AvgIpc) is 3.22. The van der Waals surface area contributed by atoms with E-state index in [0.717, 1.165) is 36.1 Å². The van der Waals surface area contributed by atoms with Gasteiger partial charge in [0.1, 0.15) is 22.1 Å². The molecule has 1 aliphatic rings. The summed E-state index contributed by atoms with van der Waals surface area (Å²) in [6.45, 7) is 0.158. The zero-order valence-electron chi connectivity index (χ0n) is 18.4. The summed E-state index contributed by atoms with van der Waals surface area (Å²) in [6, 6.07) is 11.2. The third kappa shape index (κ3) is 3.64. The van der Waals surface area contributed by atoms with E-state index in [4.69, 9.17) is 9.47 Å². The van der Waals surface area contributed by atoms with Crippen molar-refractivity contribution in [2.45, 2.75) is 32.2 Å². The molecule has 0 saturated carbocycles. The van der Waals surface area contributed by atoms with Gasteiger partial charge in [0.15, 0.2) is 0 Å². The third-order valence-corrected chi connectivity index (χ3v) is 7.41. The summed E-state index contributed by atoms with van der Waals surface area (Å²) < 4.78 is 27.4. The summed E-state index contributed by atoms with van der Waals surface area (Å²) in [5.41, 5.74) is 1.18. The van der Waals surface area contributed by atoms with E-state index in [1.807, 2.05) is 0 Å². The lowest BCUT2D eigenvalue weighted by Crippen LogP contribution is -2.39. The molecule has 0 bridgehead atoms. The van der Waals surface area contributed by atoms with Gasteiger partial charge in [-0.1, -0.05) is 12.1 Å². The minimum atomic E-state index is -0.487. The molecular formula is C25H23FN2O4S. The second kappa shape index (κ2) is 8.51. The van der Waals surface area contributed by atoms with E-state index in [1.165, 1.54) is 42.3 Å². The number of aromatic nitrogens is 2. The van der Waals surface area contributed by atoms with Gasteiger partial charge in [-0.05, 0) is 61.1 Å². The zero-order chi connectivity index (χ0) is 23.1. The number of nitrogens with zero attached hydrogens (tertiary/aromatic N) is 2. The van der Waals surface area contributed by atoms with Gasteiger partial charge in [-0.3, -0.25) is 9.36 Å². The maximum absolute atomic E-state index is 13.9. The van der Waals surface area contributed by atoms with E-state index in [1.54, 1.807) is 34.9 Å². The fraction of sp³-hybridized carbons (Fsp3) is 0.280. The number of methoxy groups -OCH3 is 2. The van der Waals surface area contributed by atoms with E-state index in [2.05, 4.69) is 0 Å². The number of fused-ring (bicyclic) bond motifs is 3. The molecule has 4 aromatic rings. The second-order valence-electron chi connectivity index (χ2n) is 8.07. The first-order valence-electron chi connectivity index (χ1n) is 10.8. The summed E-state index contributed by atoms with van der Waals surface area (Å²) in [4.78, 5) is 29.4. The van der Waals surface area contributed by atoms with Crippen molar-refractivity contribution in [2.75, 3.05) is 14.2 Å². The lowest BCUT2D eigenvalue weighted by atomic mass is 9.97. The van der Waals surface area contributed by atoms with Crippen molar-refractivity contribution in [3.8, 4) is 17.2 Å². The van der Waals surface area contributed by atoms with E-state index in [9.17, 15) is 14.0 Å². The molecule has 0 radical (unpaired) electrons. The Morgan fingerprint density at radius 3 is 2.61 bits per heavy atom. The molecule has 0 fully saturated rings. The van der Waals surface area contributed by atoms with Crippen LogP contribution >= 0.6 is 11.3 Å². The van der Waals surface area contributed by atoms with Crippen molar-refractivity contribution in [1.82, 2.24) is 9.13 Å². The number of ether oxygens (including phenoxy) is 2. The third-order valence-electron chi connectivity index (χ3n) is 6.09. The second-order valence-corrected chi connectivity index (χ2v) is 9.15. The Hall–Kier alpha value is -3.39. The van der Waals surface area contributed by atoms with E-state index in [0.29, 0.717) is 33.0 Å². The Labute approximate surface area is 193 Å². The van der Waals surface area contributed by atoms with Crippen LogP contribution in [-0.4, -0.2) is 23.4 Å². The minimum absolute atomic E-state index is 0.158. The van der Waals surface area contributed by atoms with Gasteiger partial charge in [-0.25, -0.2) is 13.8 Å². The molecule has 0 atom stereocenters. The summed E-state index contributed by atoms with van der Waals surface area (Å²) >= 11 is 1.50. The molecule has 8 heteroatoms. The van der Waals surface area contributed by atoms with Gasteiger partial charge in [0.05, 0.1) is 31.8 Å². The quantitative estimate of drug-likeness (QED) is 0.440. The lowest BCUT2D eigenvalue weighted by molar-refractivity contribution is 0.392. The first-order chi connectivity index (χ1) is 16.0. The molecule has 0 saturated heterocycles. The first-order valence-corrected chi connectivity index (χ1v) is 11.6. The molecule has 6 nitrogen and oxygen atoms in total. The number of thiophene rings is 1.